The maximum absolute atomic E-state index is 7.63. The Morgan fingerprint density at radius 3 is 1.43 bits per heavy atom. The topological polar surface area (TPSA) is 9.23 Å². The van der Waals surface area contributed by atoms with Gasteiger partial charge in [0.25, 0.3) is 0 Å². The van der Waals surface area contributed by atoms with Gasteiger partial charge >= 0.3 is 208 Å². The van der Waals surface area contributed by atoms with Gasteiger partial charge in [-0.1, -0.05) is 0 Å². The molecule has 0 unspecified atom stereocenters. The first-order chi connectivity index (χ1) is 17.3. The summed E-state index contributed by atoms with van der Waals surface area (Å²) in [5.74, 6) is 0. The fourth-order valence-corrected chi connectivity index (χ4v) is 11.7. The van der Waals surface area contributed by atoms with Crippen LogP contribution in [0.4, 0.5) is 0 Å². The molecule has 1 heterocycles. The zero-order chi connectivity index (χ0) is 23.6. The zero-order valence-corrected chi connectivity index (χ0v) is 20.3. The Bertz CT molecular complexity index is 1360. The molecule has 6 rings (SSSR count). The molecule has 0 aromatic heterocycles. The second kappa shape index (κ2) is 8.78. The van der Waals surface area contributed by atoms with Gasteiger partial charge in [0, 0.05) is 0 Å². The molecule has 0 amide bonds. The minimum absolute atomic E-state index is 0.176. The van der Waals surface area contributed by atoms with Crippen molar-refractivity contribution in [3.05, 3.63) is 163 Å². The standard InChI is InChI=1S/C33H27OP/c1-5-15-27(16-6-1)25-26-32-31-23-13-14-24-33(31)35(34-32,28-17-7-2-8-18-28,29-19-9-3-10-20-29)30-21-11-4-12-22-30/h1-26,32H/t32-/m0/s1. The second-order valence-corrected chi connectivity index (χ2v) is 13.2. The zero-order valence-electron chi connectivity index (χ0n) is 19.4. The molecule has 0 saturated carbocycles. The van der Waals surface area contributed by atoms with Crippen LogP contribution in [0.1, 0.15) is 17.2 Å². The van der Waals surface area contributed by atoms with E-state index in [1.807, 2.05) is 6.07 Å². The fraction of sp³-hybridized carbons (Fsp3) is 0.0303. The van der Waals surface area contributed by atoms with Gasteiger partial charge in [0.2, 0.25) is 0 Å². The van der Waals surface area contributed by atoms with Crippen molar-refractivity contribution in [2.24, 2.45) is 0 Å². The van der Waals surface area contributed by atoms with Gasteiger partial charge in [-0.15, -0.1) is 0 Å². The SMILES string of the molecule is C(=C[C@@H]1OP(c2ccccc2)(c2ccccc2)(c2ccccc2)c2ccccc21)c1ccccc1. The molecule has 0 spiro atoms. The molecular weight excluding hydrogens is 443 g/mol. The van der Waals surface area contributed by atoms with E-state index in [2.05, 4.69) is 152 Å². The van der Waals surface area contributed by atoms with Crippen molar-refractivity contribution in [1.82, 2.24) is 0 Å². The summed E-state index contributed by atoms with van der Waals surface area (Å²) >= 11 is 0. The van der Waals surface area contributed by atoms with Crippen molar-refractivity contribution in [2.45, 2.75) is 6.10 Å². The van der Waals surface area contributed by atoms with E-state index >= 15 is 0 Å². The van der Waals surface area contributed by atoms with Gasteiger partial charge in [-0.2, -0.15) is 0 Å². The van der Waals surface area contributed by atoms with Gasteiger partial charge in [0.15, 0.2) is 0 Å². The number of hydrogen-bond acceptors (Lipinski definition) is 1. The number of benzene rings is 5. The molecule has 0 saturated heterocycles. The molecule has 1 aliphatic heterocycles. The maximum atomic E-state index is 7.63. The van der Waals surface area contributed by atoms with Gasteiger partial charge in [-0.3, -0.25) is 0 Å². The van der Waals surface area contributed by atoms with Crippen molar-refractivity contribution >= 4 is 34.1 Å². The van der Waals surface area contributed by atoms with Crippen LogP contribution in [0.5, 0.6) is 0 Å². The summed E-state index contributed by atoms with van der Waals surface area (Å²) < 4.78 is 7.63. The molecule has 0 N–H and O–H groups in total. The summed E-state index contributed by atoms with van der Waals surface area (Å²) in [6.07, 6.45) is 4.22. The van der Waals surface area contributed by atoms with Crippen LogP contribution >= 0.6 is 6.83 Å². The molecule has 35 heavy (non-hydrogen) atoms. The Hall–Kier alpha value is -3.77. The van der Waals surface area contributed by atoms with Gasteiger partial charge in [-0.05, 0) is 0 Å². The predicted octanol–water partition coefficient (Wildman–Crippen LogP) is 6.54. The first-order valence-corrected chi connectivity index (χ1v) is 14.2. The molecule has 0 radical (unpaired) electrons. The molecule has 1 nitrogen and oxygen atoms in total. The second-order valence-electron chi connectivity index (χ2n) is 8.90. The first kappa shape index (κ1) is 21.7. The first-order valence-electron chi connectivity index (χ1n) is 12.0. The minimum atomic E-state index is -3.51. The summed E-state index contributed by atoms with van der Waals surface area (Å²) in [4.78, 5) is 0. The Morgan fingerprint density at radius 1 is 0.486 bits per heavy atom. The molecule has 170 valence electrons. The van der Waals surface area contributed by atoms with E-state index in [4.69, 9.17) is 4.52 Å². The molecule has 0 fully saturated rings. The van der Waals surface area contributed by atoms with E-state index in [1.54, 1.807) is 0 Å². The molecule has 0 aliphatic carbocycles. The van der Waals surface area contributed by atoms with Crippen LogP contribution < -0.4 is 21.2 Å². The van der Waals surface area contributed by atoms with Crippen LogP contribution in [-0.2, 0) is 4.52 Å². The van der Waals surface area contributed by atoms with Crippen molar-refractivity contribution in [3.8, 4) is 0 Å². The number of rotatable bonds is 5. The average Bonchev–Trinajstić information content (AvgIpc) is 3.27. The van der Waals surface area contributed by atoms with Crippen molar-refractivity contribution in [1.29, 1.82) is 0 Å². The van der Waals surface area contributed by atoms with Gasteiger partial charge in [0.05, 0.1) is 0 Å². The fourth-order valence-electron chi connectivity index (χ4n) is 5.54. The van der Waals surface area contributed by atoms with E-state index in [0.717, 1.165) is 0 Å². The molecular formula is C33H27OP. The van der Waals surface area contributed by atoms with Gasteiger partial charge in [-0.25, -0.2) is 0 Å². The van der Waals surface area contributed by atoms with E-state index in [-0.39, 0.29) is 6.10 Å². The monoisotopic (exact) mass is 470 g/mol. The molecule has 5 aromatic carbocycles. The predicted molar refractivity (Wildman–Crippen MR) is 151 cm³/mol. The molecule has 0 bridgehead atoms. The third-order valence-corrected chi connectivity index (χ3v) is 12.9. The average molecular weight is 471 g/mol. The summed E-state index contributed by atoms with van der Waals surface area (Å²) in [6, 6.07) is 51.8. The third kappa shape index (κ3) is 3.24. The Morgan fingerprint density at radius 2 is 0.914 bits per heavy atom. The molecule has 1 atom stereocenters. The summed E-state index contributed by atoms with van der Waals surface area (Å²) in [5.41, 5.74) is 2.40. The number of fused-ring (bicyclic) bond motifs is 1. The molecule has 2 heteroatoms. The van der Waals surface area contributed by atoms with E-state index in [0.29, 0.717) is 0 Å². The number of hydrogen-bond donors (Lipinski definition) is 0. The Balaban J connectivity index is 1.71. The third-order valence-electron chi connectivity index (χ3n) is 7.04. The van der Waals surface area contributed by atoms with E-state index in [1.165, 1.54) is 32.3 Å². The van der Waals surface area contributed by atoms with E-state index < -0.39 is 6.83 Å². The van der Waals surface area contributed by atoms with Crippen LogP contribution in [0.2, 0.25) is 0 Å². The van der Waals surface area contributed by atoms with Crippen LogP contribution in [0, 0.1) is 0 Å². The van der Waals surface area contributed by atoms with Gasteiger partial charge < -0.3 is 0 Å². The van der Waals surface area contributed by atoms with Crippen LogP contribution in [0.25, 0.3) is 6.08 Å². The van der Waals surface area contributed by atoms with Crippen molar-refractivity contribution in [2.75, 3.05) is 0 Å². The normalized spacial score (nSPS) is 19.0. The Kier molecular flexibility index (Phi) is 5.46. The summed E-state index contributed by atoms with van der Waals surface area (Å²) in [7, 11) is 0. The van der Waals surface area contributed by atoms with Crippen LogP contribution in [0.15, 0.2) is 152 Å². The molecule has 1 aliphatic rings. The van der Waals surface area contributed by atoms with Gasteiger partial charge in [0.1, 0.15) is 0 Å². The van der Waals surface area contributed by atoms with Crippen LogP contribution in [-0.4, -0.2) is 0 Å². The summed E-state index contributed by atoms with van der Waals surface area (Å²) in [6.45, 7) is -3.51. The quantitative estimate of drug-likeness (QED) is 0.265. The summed E-state index contributed by atoms with van der Waals surface area (Å²) in [5, 5.41) is 4.95. The molecule has 5 aromatic rings. The van der Waals surface area contributed by atoms with E-state index in [9.17, 15) is 0 Å². The van der Waals surface area contributed by atoms with Crippen LogP contribution in [0.3, 0.4) is 0 Å². The van der Waals surface area contributed by atoms with Crippen molar-refractivity contribution in [3.63, 3.8) is 0 Å². The van der Waals surface area contributed by atoms with Crippen molar-refractivity contribution < 1.29 is 4.52 Å². The Labute approximate surface area is 207 Å².